The lowest BCUT2D eigenvalue weighted by Gasteiger charge is -2.07. The molecular formula is C18H14Cl2N4O5S. The van der Waals surface area contributed by atoms with Gasteiger partial charge in [-0.1, -0.05) is 35.0 Å². The highest BCUT2D eigenvalue weighted by atomic mass is 35.5. The summed E-state index contributed by atoms with van der Waals surface area (Å²) in [5.74, 6) is 0.391. The van der Waals surface area contributed by atoms with Crippen LogP contribution in [0.3, 0.4) is 0 Å². The van der Waals surface area contributed by atoms with Crippen molar-refractivity contribution in [3.8, 4) is 5.75 Å². The second-order valence-corrected chi connectivity index (χ2v) is 7.69. The SMILES string of the molecule is Cc1cc(Cl)ccc1OCc1nnc(SCC(=O)Nc2cc([N+](=O)[O-])ccc2Cl)o1. The van der Waals surface area contributed by atoms with Gasteiger partial charge in [0, 0.05) is 17.2 Å². The van der Waals surface area contributed by atoms with E-state index >= 15 is 0 Å². The number of carbonyl (C=O) groups excluding carboxylic acids is 1. The Morgan fingerprint density at radius 2 is 2.07 bits per heavy atom. The number of rotatable bonds is 8. The van der Waals surface area contributed by atoms with E-state index in [0.717, 1.165) is 17.3 Å². The number of nitro benzene ring substituents is 1. The number of thioether (sulfide) groups is 1. The van der Waals surface area contributed by atoms with Gasteiger partial charge in [-0.25, -0.2) is 0 Å². The Balaban J connectivity index is 1.52. The summed E-state index contributed by atoms with van der Waals surface area (Å²) in [6, 6.07) is 9.01. The van der Waals surface area contributed by atoms with Gasteiger partial charge in [-0.3, -0.25) is 14.9 Å². The molecule has 3 rings (SSSR count). The summed E-state index contributed by atoms with van der Waals surface area (Å²) in [6.07, 6.45) is 0. The molecule has 1 amide bonds. The summed E-state index contributed by atoms with van der Waals surface area (Å²) in [5, 5.41) is 22.1. The Bertz CT molecular complexity index is 1090. The topological polar surface area (TPSA) is 120 Å². The van der Waals surface area contributed by atoms with Crippen molar-refractivity contribution in [2.24, 2.45) is 0 Å². The van der Waals surface area contributed by atoms with Crippen LogP contribution in [0.15, 0.2) is 46.0 Å². The third-order valence-corrected chi connectivity index (χ3v) is 5.08. The largest absolute Gasteiger partial charge is 0.484 e. The highest BCUT2D eigenvalue weighted by Crippen LogP contribution is 2.27. The molecule has 3 aromatic rings. The van der Waals surface area contributed by atoms with Gasteiger partial charge in [-0.05, 0) is 36.8 Å². The first-order valence-electron chi connectivity index (χ1n) is 8.40. The number of amides is 1. The molecule has 1 heterocycles. The predicted octanol–water partition coefficient (Wildman–Crippen LogP) is 4.90. The third-order valence-electron chi connectivity index (χ3n) is 3.70. The van der Waals surface area contributed by atoms with Crippen LogP contribution in [0.25, 0.3) is 0 Å². The molecule has 1 N–H and O–H groups in total. The fourth-order valence-corrected chi connectivity index (χ4v) is 3.28. The number of nitrogens with one attached hydrogen (secondary N) is 1. The first kappa shape index (κ1) is 21.9. The molecule has 0 radical (unpaired) electrons. The van der Waals surface area contributed by atoms with Crippen LogP contribution in [0.4, 0.5) is 11.4 Å². The summed E-state index contributed by atoms with van der Waals surface area (Å²) >= 11 is 12.9. The van der Waals surface area contributed by atoms with Gasteiger partial charge in [-0.2, -0.15) is 0 Å². The van der Waals surface area contributed by atoms with Crippen LogP contribution in [0.5, 0.6) is 5.75 Å². The number of anilines is 1. The Morgan fingerprint density at radius 1 is 1.27 bits per heavy atom. The van der Waals surface area contributed by atoms with E-state index in [-0.39, 0.29) is 39.9 Å². The number of carbonyl (C=O) groups is 1. The highest BCUT2D eigenvalue weighted by molar-refractivity contribution is 7.99. The minimum Gasteiger partial charge on any atom is -0.484 e. The number of benzene rings is 2. The van der Waals surface area contributed by atoms with Crippen molar-refractivity contribution in [1.29, 1.82) is 0 Å². The van der Waals surface area contributed by atoms with Gasteiger partial charge in [-0.15, -0.1) is 10.2 Å². The van der Waals surface area contributed by atoms with Gasteiger partial charge >= 0.3 is 0 Å². The highest BCUT2D eigenvalue weighted by Gasteiger charge is 2.14. The zero-order chi connectivity index (χ0) is 21.7. The van der Waals surface area contributed by atoms with E-state index in [1.165, 1.54) is 18.2 Å². The molecule has 2 aromatic carbocycles. The smallest absolute Gasteiger partial charge is 0.277 e. The van der Waals surface area contributed by atoms with Crippen molar-refractivity contribution >= 4 is 52.2 Å². The van der Waals surface area contributed by atoms with Crippen LogP contribution in [-0.2, 0) is 11.4 Å². The summed E-state index contributed by atoms with van der Waals surface area (Å²) in [7, 11) is 0. The number of aromatic nitrogens is 2. The molecule has 9 nitrogen and oxygen atoms in total. The molecule has 0 bridgehead atoms. The van der Waals surface area contributed by atoms with Crippen LogP contribution in [0, 0.1) is 17.0 Å². The fraction of sp³-hybridized carbons (Fsp3) is 0.167. The van der Waals surface area contributed by atoms with Crippen LogP contribution in [0.2, 0.25) is 10.0 Å². The van der Waals surface area contributed by atoms with Crippen molar-refractivity contribution < 1.29 is 18.9 Å². The van der Waals surface area contributed by atoms with Gasteiger partial charge in [0.05, 0.1) is 21.4 Å². The van der Waals surface area contributed by atoms with Crippen molar-refractivity contribution in [3.63, 3.8) is 0 Å². The molecule has 0 saturated heterocycles. The van der Waals surface area contributed by atoms with Crippen LogP contribution in [0.1, 0.15) is 11.5 Å². The number of aryl methyl sites for hydroxylation is 1. The summed E-state index contributed by atoms with van der Waals surface area (Å²) in [4.78, 5) is 22.4. The molecule has 0 saturated carbocycles. The van der Waals surface area contributed by atoms with E-state index in [1.54, 1.807) is 18.2 Å². The molecule has 1 aromatic heterocycles. The Kier molecular flexibility index (Phi) is 7.14. The monoisotopic (exact) mass is 468 g/mol. The molecule has 0 aliphatic rings. The first-order chi connectivity index (χ1) is 14.3. The first-order valence-corrected chi connectivity index (χ1v) is 10.1. The Morgan fingerprint density at radius 3 is 2.80 bits per heavy atom. The molecule has 0 aliphatic carbocycles. The van der Waals surface area contributed by atoms with E-state index in [1.807, 2.05) is 6.92 Å². The molecule has 156 valence electrons. The number of non-ortho nitro benzene ring substituents is 1. The standard InChI is InChI=1S/C18H14Cl2N4O5S/c1-10-6-11(19)2-5-15(10)28-8-17-22-23-18(29-17)30-9-16(25)21-14-7-12(24(26)27)3-4-13(14)20/h2-7H,8-9H2,1H3,(H,21,25). The number of hydrogen-bond donors (Lipinski definition) is 1. The maximum absolute atomic E-state index is 12.1. The van der Waals surface area contributed by atoms with E-state index < -0.39 is 10.8 Å². The van der Waals surface area contributed by atoms with E-state index in [4.69, 9.17) is 32.4 Å². The maximum Gasteiger partial charge on any atom is 0.277 e. The number of halogens is 2. The number of hydrogen-bond acceptors (Lipinski definition) is 8. The summed E-state index contributed by atoms with van der Waals surface area (Å²) in [6.45, 7) is 1.92. The van der Waals surface area contributed by atoms with Crippen LogP contribution < -0.4 is 10.1 Å². The lowest BCUT2D eigenvalue weighted by molar-refractivity contribution is -0.384. The number of nitro groups is 1. The second-order valence-electron chi connectivity index (χ2n) is 5.92. The van der Waals surface area contributed by atoms with Gasteiger partial charge in [0.25, 0.3) is 16.8 Å². The second kappa shape index (κ2) is 9.79. The fourth-order valence-electron chi connectivity index (χ4n) is 2.31. The molecule has 0 unspecified atom stereocenters. The molecule has 0 spiro atoms. The van der Waals surface area contributed by atoms with Crippen molar-refractivity contribution in [3.05, 3.63) is 68.0 Å². The number of nitrogens with zero attached hydrogens (tertiary/aromatic N) is 3. The average molecular weight is 469 g/mol. The molecule has 12 heteroatoms. The number of ether oxygens (including phenoxy) is 1. The zero-order valence-corrected chi connectivity index (χ0v) is 17.8. The van der Waals surface area contributed by atoms with E-state index in [0.29, 0.717) is 10.8 Å². The van der Waals surface area contributed by atoms with E-state index in [9.17, 15) is 14.9 Å². The van der Waals surface area contributed by atoms with Crippen molar-refractivity contribution in [2.75, 3.05) is 11.1 Å². The molecule has 0 fully saturated rings. The molecule has 0 aliphatic heterocycles. The maximum atomic E-state index is 12.1. The molecule has 30 heavy (non-hydrogen) atoms. The minimum atomic E-state index is -0.575. The normalized spacial score (nSPS) is 10.6. The Hall–Kier alpha value is -2.82. The van der Waals surface area contributed by atoms with Gasteiger partial charge in [0.1, 0.15) is 5.75 Å². The van der Waals surface area contributed by atoms with Gasteiger partial charge < -0.3 is 14.5 Å². The molecular weight excluding hydrogens is 455 g/mol. The minimum absolute atomic E-state index is 0.0577. The predicted molar refractivity (Wildman–Crippen MR) is 112 cm³/mol. The third kappa shape index (κ3) is 5.85. The van der Waals surface area contributed by atoms with Crippen LogP contribution in [-0.4, -0.2) is 26.8 Å². The van der Waals surface area contributed by atoms with Crippen molar-refractivity contribution in [1.82, 2.24) is 10.2 Å². The van der Waals surface area contributed by atoms with Gasteiger partial charge in [0.15, 0.2) is 6.61 Å². The van der Waals surface area contributed by atoms with Crippen molar-refractivity contribution in [2.45, 2.75) is 18.8 Å². The van der Waals surface area contributed by atoms with E-state index in [2.05, 4.69) is 15.5 Å². The van der Waals surface area contributed by atoms with Gasteiger partial charge in [0.2, 0.25) is 5.91 Å². The zero-order valence-electron chi connectivity index (χ0n) is 15.4. The van der Waals surface area contributed by atoms with Crippen LogP contribution >= 0.6 is 35.0 Å². The summed E-state index contributed by atoms with van der Waals surface area (Å²) < 4.78 is 11.1. The average Bonchev–Trinajstić information content (AvgIpc) is 3.15. The lowest BCUT2D eigenvalue weighted by Crippen LogP contribution is -2.14. The quantitative estimate of drug-likeness (QED) is 0.281. The Labute approximate surface area is 184 Å². The summed E-state index contributed by atoms with van der Waals surface area (Å²) in [5.41, 5.74) is 0.835. The molecule has 0 atom stereocenters. The lowest BCUT2D eigenvalue weighted by atomic mass is 10.2.